The summed E-state index contributed by atoms with van der Waals surface area (Å²) in [5.41, 5.74) is 3.45. The molecular weight excluding hydrogens is 318 g/mol. The molecule has 1 aliphatic rings. The molecule has 1 fully saturated rings. The van der Waals surface area contributed by atoms with E-state index in [-0.39, 0.29) is 11.8 Å². The Hall–Kier alpha value is -1.79. The van der Waals surface area contributed by atoms with Crippen LogP contribution in [0.2, 0.25) is 0 Å². The molecule has 0 spiro atoms. The van der Waals surface area contributed by atoms with E-state index in [4.69, 9.17) is 15.3 Å². The molecule has 1 aliphatic heterocycles. The van der Waals surface area contributed by atoms with Crippen LogP contribution in [-0.2, 0) is 11.3 Å². The Morgan fingerprint density at radius 2 is 2.04 bits per heavy atom. The van der Waals surface area contributed by atoms with Crippen LogP contribution in [0.25, 0.3) is 0 Å². The highest BCUT2D eigenvalue weighted by atomic mass is 16.5. The summed E-state index contributed by atoms with van der Waals surface area (Å²) < 4.78 is 11.3. The summed E-state index contributed by atoms with van der Waals surface area (Å²) in [5, 5.41) is 0. The molecule has 1 heterocycles. The van der Waals surface area contributed by atoms with Crippen molar-refractivity contribution < 1.29 is 14.3 Å². The van der Waals surface area contributed by atoms with Crippen LogP contribution in [-0.4, -0.2) is 37.6 Å². The summed E-state index contributed by atoms with van der Waals surface area (Å²) >= 11 is 0. The average molecular weight is 349 g/mol. The van der Waals surface area contributed by atoms with Crippen LogP contribution >= 0.6 is 0 Å². The lowest BCUT2D eigenvalue weighted by molar-refractivity contribution is -0.126. The number of piperidine rings is 1. The Labute approximate surface area is 150 Å². The van der Waals surface area contributed by atoms with Gasteiger partial charge in [-0.25, -0.2) is 5.84 Å². The first-order valence-electron chi connectivity index (χ1n) is 9.06. The predicted molar refractivity (Wildman–Crippen MR) is 98.3 cm³/mol. The van der Waals surface area contributed by atoms with Gasteiger partial charge in [0.05, 0.1) is 13.7 Å². The number of hydrogen-bond donors (Lipinski definition) is 2. The van der Waals surface area contributed by atoms with Crippen molar-refractivity contribution in [2.24, 2.45) is 17.7 Å². The summed E-state index contributed by atoms with van der Waals surface area (Å²) in [5.74, 6) is 7.40. The molecule has 0 saturated carbocycles. The number of nitrogens with one attached hydrogen (secondary N) is 1. The van der Waals surface area contributed by atoms with Gasteiger partial charge in [0.1, 0.15) is 0 Å². The summed E-state index contributed by atoms with van der Waals surface area (Å²) in [6, 6.07) is 6.12. The Balaban J connectivity index is 1.89. The van der Waals surface area contributed by atoms with Gasteiger partial charge in [-0.1, -0.05) is 19.9 Å². The summed E-state index contributed by atoms with van der Waals surface area (Å²) in [6.07, 6.45) is 2.71. The van der Waals surface area contributed by atoms with Gasteiger partial charge in [-0.15, -0.1) is 0 Å². The zero-order chi connectivity index (χ0) is 18.2. The molecule has 1 aromatic carbocycles. The molecule has 1 saturated heterocycles. The molecule has 140 valence electrons. The molecule has 25 heavy (non-hydrogen) atoms. The number of carbonyl (C=O) groups excluding carboxylic acids is 1. The van der Waals surface area contributed by atoms with Gasteiger partial charge >= 0.3 is 0 Å². The van der Waals surface area contributed by atoms with Crippen molar-refractivity contribution in [3.05, 3.63) is 23.8 Å². The van der Waals surface area contributed by atoms with Gasteiger partial charge < -0.3 is 9.47 Å². The molecule has 3 N–H and O–H groups in total. The first kappa shape index (κ1) is 19.5. The third-order valence-electron chi connectivity index (χ3n) is 4.69. The number of rotatable bonds is 8. The highest BCUT2D eigenvalue weighted by Crippen LogP contribution is 2.29. The number of benzene rings is 1. The number of nitrogens with two attached hydrogens (primary N) is 1. The number of methoxy groups -OCH3 is 1. The maximum absolute atomic E-state index is 11.6. The zero-order valence-electron chi connectivity index (χ0n) is 15.6. The van der Waals surface area contributed by atoms with E-state index in [1.165, 1.54) is 5.56 Å². The van der Waals surface area contributed by atoms with E-state index in [2.05, 4.69) is 30.2 Å². The van der Waals surface area contributed by atoms with E-state index in [0.29, 0.717) is 12.5 Å². The van der Waals surface area contributed by atoms with Crippen LogP contribution in [0.5, 0.6) is 11.5 Å². The Morgan fingerprint density at radius 3 is 2.64 bits per heavy atom. The monoisotopic (exact) mass is 349 g/mol. The van der Waals surface area contributed by atoms with E-state index in [9.17, 15) is 4.79 Å². The van der Waals surface area contributed by atoms with Gasteiger partial charge in [0, 0.05) is 12.5 Å². The van der Waals surface area contributed by atoms with Crippen molar-refractivity contribution in [3.8, 4) is 11.5 Å². The number of carbonyl (C=O) groups is 1. The number of nitrogens with zero attached hydrogens (tertiary/aromatic N) is 1. The fourth-order valence-corrected chi connectivity index (χ4v) is 3.06. The molecule has 1 amide bonds. The topological polar surface area (TPSA) is 76.8 Å². The van der Waals surface area contributed by atoms with Crippen LogP contribution < -0.4 is 20.7 Å². The number of likely N-dealkylation sites (tertiary alicyclic amines) is 1. The van der Waals surface area contributed by atoms with Crippen molar-refractivity contribution in [3.63, 3.8) is 0 Å². The molecule has 0 aliphatic carbocycles. The standard InChI is InChI=1S/C19H31N3O3/c1-14(2)8-11-25-17-5-4-15(12-18(17)24-3)13-22-9-6-16(7-10-22)19(23)21-20/h4-5,12,14,16H,6-11,13,20H2,1-3H3,(H,21,23). The lowest BCUT2D eigenvalue weighted by atomic mass is 9.96. The molecule has 2 rings (SSSR count). The second-order valence-corrected chi connectivity index (χ2v) is 7.08. The second kappa shape index (κ2) is 9.63. The summed E-state index contributed by atoms with van der Waals surface area (Å²) in [7, 11) is 1.67. The van der Waals surface area contributed by atoms with E-state index < -0.39 is 0 Å². The molecular formula is C19H31N3O3. The maximum Gasteiger partial charge on any atom is 0.237 e. The Kier molecular flexibility index (Phi) is 7.52. The quantitative estimate of drug-likeness (QED) is 0.428. The van der Waals surface area contributed by atoms with Gasteiger partial charge in [0.25, 0.3) is 0 Å². The molecule has 6 nitrogen and oxygen atoms in total. The van der Waals surface area contributed by atoms with Crippen LogP contribution in [0.4, 0.5) is 0 Å². The fraction of sp³-hybridized carbons (Fsp3) is 0.632. The van der Waals surface area contributed by atoms with E-state index >= 15 is 0 Å². The molecule has 0 radical (unpaired) electrons. The van der Waals surface area contributed by atoms with E-state index in [0.717, 1.165) is 50.4 Å². The van der Waals surface area contributed by atoms with Crippen LogP contribution in [0.1, 0.15) is 38.7 Å². The van der Waals surface area contributed by atoms with Gasteiger partial charge in [-0.05, 0) is 56.0 Å². The lowest BCUT2D eigenvalue weighted by Gasteiger charge is -2.31. The molecule has 0 aromatic heterocycles. The van der Waals surface area contributed by atoms with Crippen molar-refractivity contribution in [2.75, 3.05) is 26.8 Å². The van der Waals surface area contributed by atoms with Gasteiger partial charge in [0.2, 0.25) is 5.91 Å². The Morgan fingerprint density at radius 1 is 1.32 bits per heavy atom. The van der Waals surface area contributed by atoms with Crippen molar-refractivity contribution in [2.45, 2.75) is 39.7 Å². The molecule has 0 bridgehead atoms. The minimum Gasteiger partial charge on any atom is -0.493 e. The molecule has 6 heteroatoms. The third kappa shape index (κ3) is 5.90. The fourth-order valence-electron chi connectivity index (χ4n) is 3.06. The SMILES string of the molecule is COc1cc(CN2CCC(C(=O)NN)CC2)ccc1OCCC(C)C. The summed E-state index contributed by atoms with van der Waals surface area (Å²) in [6.45, 7) is 7.71. The molecule has 1 aromatic rings. The van der Waals surface area contributed by atoms with E-state index in [1.54, 1.807) is 7.11 Å². The smallest absolute Gasteiger partial charge is 0.237 e. The average Bonchev–Trinajstić information content (AvgIpc) is 2.62. The van der Waals surface area contributed by atoms with Crippen LogP contribution in [0, 0.1) is 11.8 Å². The minimum absolute atomic E-state index is 0.0347. The highest BCUT2D eigenvalue weighted by Gasteiger charge is 2.24. The second-order valence-electron chi connectivity index (χ2n) is 7.08. The third-order valence-corrected chi connectivity index (χ3v) is 4.69. The van der Waals surface area contributed by atoms with Gasteiger partial charge in [-0.3, -0.25) is 15.1 Å². The highest BCUT2D eigenvalue weighted by molar-refractivity contribution is 5.78. The molecule has 0 atom stereocenters. The molecule has 0 unspecified atom stereocenters. The van der Waals surface area contributed by atoms with Crippen LogP contribution in [0.15, 0.2) is 18.2 Å². The van der Waals surface area contributed by atoms with E-state index in [1.807, 2.05) is 12.1 Å². The first-order valence-corrected chi connectivity index (χ1v) is 9.06. The number of hydrogen-bond acceptors (Lipinski definition) is 5. The van der Waals surface area contributed by atoms with Crippen molar-refractivity contribution in [1.82, 2.24) is 10.3 Å². The lowest BCUT2D eigenvalue weighted by Crippen LogP contribution is -2.42. The normalized spacial score (nSPS) is 16.0. The van der Waals surface area contributed by atoms with Crippen LogP contribution in [0.3, 0.4) is 0 Å². The minimum atomic E-state index is -0.0516. The maximum atomic E-state index is 11.6. The predicted octanol–water partition coefficient (Wildman–Crippen LogP) is 2.32. The first-order chi connectivity index (χ1) is 12.0. The summed E-state index contributed by atoms with van der Waals surface area (Å²) in [4.78, 5) is 14.0. The number of hydrazine groups is 1. The number of amides is 1. The zero-order valence-corrected chi connectivity index (χ0v) is 15.6. The van der Waals surface area contributed by atoms with Gasteiger partial charge in [-0.2, -0.15) is 0 Å². The number of ether oxygens (including phenoxy) is 2. The van der Waals surface area contributed by atoms with Crippen molar-refractivity contribution in [1.29, 1.82) is 0 Å². The van der Waals surface area contributed by atoms with Crippen molar-refractivity contribution >= 4 is 5.91 Å². The van der Waals surface area contributed by atoms with Gasteiger partial charge in [0.15, 0.2) is 11.5 Å². The largest absolute Gasteiger partial charge is 0.493 e. The Bertz CT molecular complexity index is 555.